The second-order valence-corrected chi connectivity index (χ2v) is 6.92. The van der Waals surface area contributed by atoms with Crippen LogP contribution in [0.25, 0.3) is 0 Å². The fourth-order valence-corrected chi connectivity index (χ4v) is 3.55. The van der Waals surface area contributed by atoms with E-state index < -0.39 is 0 Å². The lowest BCUT2D eigenvalue weighted by Gasteiger charge is -2.34. The molecule has 0 spiro atoms. The summed E-state index contributed by atoms with van der Waals surface area (Å²) in [5.74, 6) is 0.419. The van der Waals surface area contributed by atoms with Crippen LogP contribution in [0.5, 0.6) is 0 Å². The molecule has 2 unspecified atom stereocenters. The first-order chi connectivity index (χ1) is 9.95. The second kappa shape index (κ2) is 7.48. The van der Waals surface area contributed by atoms with Gasteiger partial charge in [0.2, 0.25) is 0 Å². The van der Waals surface area contributed by atoms with Gasteiger partial charge in [-0.25, -0.2) is 0 Å². The number of carbonyl (C=O) groups is 1. The summed E-state index contributed by atoms with van der Waals surface area (Å²) in [6, 6.07) is 5.18. The molecule has 0 saturated heterocycles. The van der Waals surface area contributed by atoms with Crippen LogP contribution in [0, 0.1) is 5.92 Å². The zero-order valence-corrected chi connectivity index (χ0v) is 14.0. The molecule has 5 heteroatoms. The van der Waals surface area contributed by atoms with Crippen LogP contribution in [0.4, 0.5) is 0 Å². The molecule has 0 aromatic heterocycles. The molecular formula is C16H22Cl2N2O. The zero-order valence-electron chi connectivity index (χ0n) is 12.5. The summed E-state index contributed by atoms with van der Waals surface area (Å²) in [6.07, 6.45) is 4.62. The lowest BCUT2D eigenvalue weighted by Crippen LogP contribution is -2.45. The van der Waals surface area contributed by atoms with Gasteiger partial charge in [0, 0.05) is 28.2 Å². The van der Waals surface area contributed by atoms with Crippen molar-refractivity contribution >= 4 is 29.1 Å². The quantitative estimate of drug-likeness (QED) is 0.910. The number of halogens is 2. The van der Waals surface area contributed by atoms with Crippen LogP contribution in [0.2, 0.25) is 10.0 Å². The highest BCUT2D eigenvalue weighted by molar-refractivity contribution is 6.35. The molecule has 1 fully saturated rings. The van der Waals surface area contributed by atoms with E-state index in [0.29, 0.717) is 21.5 Å². The van der Waals surface area contributed by atoms with E-state index >= 15 is 0 Å². The Hall–Kier alpha value is -0.770. The molecule has 3 nitrogen and oxygen atoms in total. The van der Waals surface area contributed by atoms with E-state index in [1.165, 1.54) is 19.3 Å². The van der Waals surface area contributed by atoms with Crippen LogP contribution in [-0.4, -0.2) is 37.5 Å². The van der Waals surface area contributed by atoms with Gasteiger partial charge in [-0.05, 0) is 51.1 Å². The first-order valence-corrected chi connectivity index (χ1v) is 8.13. The van der Waals surface area contributed by atoms with E-state index in [1.807, 2.05) is 0 Å². The minimum atomic E-state index is -0.0879. The predicted octanol–water partition coefficient (Wildman–Crippen LogP) is 3.84. The van der Waals surface area contributed by atoms with Crippen molar-refractivity contribution in [3.05, 3.63) is 33.8 Å². The molecule has 0 bridgehead atoms. The number of nitrogens with one attached hydrogen (secondary N) is 1. The highest BCUT2D eigenvalue weighted by Crippen LogP contribution is 2.26. The van der Waals surface area contributed by atoms with Gasteiger partial charge in [-0.3, -0.25) is 4.79 Å². The van der Waals surface area contributed by atoms with Gasteiger partial charge in [-0.1, -0.05) is 36.0 Å². The average Bonchev–Trinajstić information content (AvgIpc) is 2.39. The Labute approximate surface area is 136 Å². The molecule has 2 atom stereocenters. The maximum absolute atomic E-state index is 12.4. The molecule has 1 aliphatic rings. The SMILES string of the molecule is CN(C)CC1CCCCC1NC(=O)c1cc(Cl)cc(Cl)c1. The van der Waals surface area contributed by atoms with Crippen molar-refractivity contribution in [3.63, 3.8) is 0 Å². The number of nitrogens with zero attached hydrogens (tertiary/aromatic N) is 1. The van der Waals surface area contributed by atoms with Crippen LogP contribution in [0.3, 0.4) is 0 Å². The summed E-state index contributed by atoms with van der Waals surface area (Å²) >= 11 is 11.9. The minimum Gasteiger partial charge on any atom is -0.349 e. The molecule has 0 heterocycles. The van der Waals surface area contributed by atoms with Crippen LogP contribution >= 0.6 is 23.2 Å². The van der Waals surface area contributed by atoms with Crippen LogP contribution in [0.1, 0.15) is 36.0 Å². The summed E-state index contributed by atoms with van der Waals surface area (Å²) in [5.41, 5.74) is 0.529. The lowest BCUT2D eigenvalue weighted by molar-refractivity contribution is 0.0895. The van der Waals surface area contributed by atoms with E-state index in [9.17, 15) is 4.79 Å². The zero-order chi connectivity index (χ0) is 15.4. The number of rotatable bonds is 4. The predicted molar refractivity (Wildman–Crippen MR) is 88.2 cm³/mol. The fourth-order valence-electron chi connectivity index (χ4n) is 3.02. The molecule has 21 heavy (non-hydrogen) atoms. The Morgan fingerprint density at radius 3 is 2.43 bits per heavy atom. The first kappa shape index (κ1) is 16.6. The van der Waals surface area contributed by atoms with Crippen molar-refractivity contribution in [3.8, 4) is 0 Å². The topological polar surface area (TPSA) is 32.3 Å². The van der Waals surface area contributed by atoms with E-state index in [4.69, 9.17) is 23.2 Å². The number of carbonyl (C=O) groups excluding carboxylic acids is 1. The normalized spacial score (nSPS) is 22.3. The summed E-state index contributed by atoms with van der Waals surface area (Å²) in [6.45, 7) is 1.00. The third kappa shape index (κ3) is 4.87. The Balaban J connectivity index is 2.05. The molecule has 1 amide bonds. The van der Waals surface area contributed by atoms with Crippen molar-refractivity contribution in [2.75, 3.05) is 20.6 Å². The van der Waals surface area contributed by atoms with Gasteiger partial charge in [0.25, 0.3) is 5.91 Å². The third-order valence-corrected chi connectivity index (χ3v) is 4.39. The standard InChI is InChI=1S/C16H22Cl2N2O/c1-20(2)10-11-5-3-4-6-15(11)19-16(21)12-7-13(17)9-14(18)8-12/h7-9,11,15H,3-6,10H2,1-2H3,(H,19,21). The average molecular weight is 329 g/mol. The van der Waals surface area contributed by atoms with E-state index in [0.717, 1.165) is 13.0 Å². The molecule has 1 N–H and O–H groups in total. The second-order valence-electron chi connectivity index (χ2n) is 6.04. The molecular weight excluding hydrogens is 307 g/mol. The number of benzene rings is 1. The highest BCUT2D eigenvalue weighted by atomic mass is 35.5. The van der Waals surface area contributed by atoms with Gasteiger partial charge in [0.1, 0.15) is 0 Å². The number of amides is 1. The molecule has 2 rings (SSSR count). The van der Waals surface area contributed by atoms with Crippen LogP contribution in [-0.2, 0) is 0 Å². The highest BCUT2D eigenvalue weighted by Gasteiger charge is 2.27. The summed E-state index contributed by atoms with van der Waals surface area (Å²) in [7, 11) is 4.15. The fraction of sp³-hybridized carbons (Fsp3) is 0.562. The molecule has 0 aliphatic heterocycles. The summed E-state index contributed by atoms with van der Waals surface area (Å²) in [4.78, 5) is 14.6. The third-order valence-electron chi connectivity index (χ3n) is 3.95. The smallest absolute Gasteiger partial charge is 0.251 e. The van der Waals surface area contributed by atoms with Gasteiger partial charge in [-0.2, -0.15) is 0 Å². The van der Waals surface area contributed by atoms with Crippen LogP contribution in [0.15, 0.2) is 18.2 Å². The largest absolute Gasteiger partial charge is 0.349 e. The number of hydrogen-bond donors (Lipinski definition) is 1. The molecule has 1 saturated carbocycles. The maximum Gasteiger partial charge on any atom is 0.251 e. The van der Waals surface area contributed by atoms with Gasteiger partial charge in [0.05, 0.1) is 0 Å². The van der Waals surface area contributed by atoms with Crippen molar-refractivity contribution in [1.82, 2.24) is 10.2 Å². The van der Waals surface area contributed by atoms with Gasteiger partial charge < -0.3 is 10.2 Å². The molecule has 1 aromatic carbocycles. The summed E-state index contributed by atoms with van der Waals surface area (Å²) in [5, 5.41) is 4.14. The monoisotopic (exact) mass is 328 g/mol. The Morgan fingerprint density at radius 2 is 1.81 bits per heavy atom. The van der Waals surface area contributed by atoms with E-state index in [2.05, 4.69) is 24.3 Å². The van der Waals surface area contributed by atoms with Crippen molar-refractivity contribution in [2.24, 2.45) is 5.92 Å². The van der Waals surface area contributed by atoms with Crippen molar-refractivity contribution < 1.29 is 4.79 Å². The maximum atomic E-state index is 12.4. The molecule has 1 aromatic rings. The Morgan fingerprint density at radius 1 is 1.19 bits per heavy atom. The first-order valence-electron chi connectivity index (χ1n) is 7.37. The van der Waals surface area contributed by atoms with Crippen molar-refractivity contribution in [1.29, 1.82) is 0 Å². The van der Waals surface area contributed by atoms with Gasteiger partial charge in [0.15, 0.2) is 0 Å². The van der Waals surface area contributed by atoms with Gasteiger partial charge in [-0.15, -0.1) is 0 Å². The van der Waals surface area contributed by atoms with Crippen molar-refractivity contribution in [2.45, 2.75) is 31.7 Å². The lowest BCUT2D eigenvalue weighted by atomic mass is 9.84. The molecule has 116 valence electrons. The van der Waals surface area contributed by atoms with E-state index in [-0.39, 0.29) is 11.9 Å². The van der Waals surface area contributed by atoms with Gasteiger partial charge >= 0.3 is 0 Å². The molecule has 0 radical (unpaired) electrons. The molecule has 1 aliphatic carbocycles. The summed E-state index contributed by atoms with van der Waals surface area (Å²) < 4.78 is 0. The van der Waals surface area contributed by atoms with E-state index in [1.54, 1.807) is 18.2 Å². The Kier molecular flexibility index (Phi) is 5.91. The minimum absolute atomic E-state index is 0.0879. The Bertz CT molecular complexity index is 485. The van der Waals surface area contributed by atoms with Crippen LogP contribution < -0.4 is 5.32 Å². The number of hydrogen-bond acceptors (Lipinski definition) is 2.